The van der Waals surface area contributed by atoms with E-state index in [-0.39, 0.29) is 24.5 Å². The lowest BCUT2D eigenvalue weighted by atomic mass is 9.97. The van der Waals surface area contributed by atoms with Gasteiger partial charge in [-0.25, -0.2) is 0 Å². The van der Waals surface area contributed by atoms with Crippen LogP contribution in [0, 0.1) is 0 Å². The SMILES string of the molecule is C[C@@H]1CCC[C@@H](C)N1C(=O)[C@@H](C)OC(=O)CNC(=O)c1ccc(Cl)cc1. The third-order valence-electron chi connectivity index (χ3n) is 4.60. The van der Waals surface area contributed by atoms with Crippen molar-refractivity contribution in [2.75, 3.05) is 6.54 Å². The van der Waals surface area contributed by atoms with Crippen LogP contribution in [-0.4, -0.2) is 47.4 Å². The minimum absolute atomic E-state index is 0.136. The van der Waals surface area contributed by atoms with Gasteiger partial charge in [-0.3, -0.25) is 14.4 Å². The van der Waals surface area contributed by atoms with Gasteiger partial charge in [-0.1, -0.05) is 11.6 Å². The second kappa shape index (κ2) is 9.03. The number of nitrogens with zero attached hydrogens (tertiary/aromatic N) is 1. The van der Waals surface area contributed by atoms with Crippen LogP contribution in [-0.2, 0) is 14.3 Å². The van der Waals surface area contributed by atoms with Crippen LogP contribution in [0.2, 0.25) is 5.02 Å². The van der Waals surface area contributed by atoms with Crippen LogP contribution >= 0.6 is 11.6 Å². The van der Waals surface area contributed by atoms with Gasteiger partial charge < -0.3 is 15.0 Å². The summed E-state index contributed by atoms with van der Waals surface area (Å²) in [5.74, 6) is -1.25. The minimum atomic E-state index is -0.877. The molecule has 7 heteroatoms. The topological polar surface area (TPSA) is 75.7 Å². The quantitative estimate of drug-likeness (QED) is 0.797. The Balaban J connectivity index is 1.83. The van der Waals surface area contributed by atoms with Crippen LogP contribution in [0.1, 0.15) is 50.4 Å². The molecule has 0 aliphatic carbocycles. The molecule has 0 aromatic heterocycles. The maximum atomic E-state index is 12.6. The normalized spacial score (nSPS) is 21.0. The van der Waals surface area contributed by atoms with Crippen LogP contribution in [0.4, 0.5) is 0 Å². The van der Waals surface area contributed by atoms with Gasteiger partial charge in [0, 0.05) is 22.7 Å². The number of nitrogens with one attached hydrogen (secondary N) is 1. The fourth-order valence-electron chi connectivity index (χ4n) is 3.21. The third kappa shape index (κ3) is 5.21. The highest BCUT2D eigenvalue weighted by molar-refractivity contribution is 6.30. The van der Waals surface area contributed by atoms with Crippen molar-refractivity contribution >= 4 is 29.4 Å². The van der Waals surface area contributed by atoms with Gasteiger partial charge in [0.05, 0.1) is 0 Å². The van der Waals surface area contributed by atoms with Crippen molar-refractivity contribution in [2.45, 2.75) is 58.2 Å². The van der Waals surface area contributed by atoms with E-state index in [0.29, 0.717) is 10.6 Å². The molecule has 2 amide bonds. The van der Waals surface area contributed by atoms with E-state index in [2.05, 4.69) is 5.32 Å². The predicted molar refractivity (Wildman–Crippen MR) is 99.0 cm³/mol. The summed E-state index contributed by atoms with van der Waals surface area (Å²) in [7, 11) is 0. The zero-order chi connectivity index (χ0) is 19.3. The molecule has 142 valence electrons. The van der Waals surface area contributed by atoms with E-state index in [1.165, 1.54) is 0 Å². The first-order valence-electron chi connectivity index (χ1n) is 8.85. The molecule has 0 unspecified atom stereocenters. The smallest absolute Gasteiger partial charge is 0.326 e. The lowest BCUT2D eigenvalue weighted by Gasteiger charge is -2.40. The maximum absolute atomic E-state index is 12.6. The van der Waals surface area contributed by atoms with E-state index in [9.17, 15) is 14.4 Å². The standard InChI is InChI=1S/C19H25ClN2O4/c1-12-5-4-6-13(2)22(12)19(25)14(3)26-17(23)11-21-18(24)15-7-9-16(20)10-8-15/h7-10,12-14H,4-6,11H2,1-3H3,(H,21,24)/t12-,13-,14-/m1/s1. The molecule has 1 aliphatic heterocycles. The fourth-order valence-corrected chi connectivity index (χ4v) is 3.34. The van der Waals surface area contributed by atoms with Crippen molar-refractivity contribution in [3.05, 3.63) is 34.9 Å². The summed E-state index contributed by atoms with van der Waals surface area (Å²) in [5.41, 5.74) is 0.391. The lowest BCUT2D eigenvalue weighted by Crippen LogP contribution is -2.51. The first kappa shape index (κ1) is 20.2. The van der Waals surface area contributed by atoms with E-state index < -0.39 is 18.0 Å². The van der Waals surface area contributed by atoms with Crippen LogP contribution in [0.5, 0.6) is 0 Å². The number of amides is 2. The summed E-state index contributed by atoms with van der Waals surface area (Å²) in [5, 5.41) is 3.00. The van der Waals surface area contributed by atoms with Gasteiger partial charge in [0.15, 0.2) is 6.10 Å². The molecule has 1 N–H and O–H groups in total. The highest BCUT2D eigenvalue weighted by Crippen LogP contribution is 2.23. The molecule has 1 aromatic carbocycles. The van der Waals surface area contributed by atoms with E-state index >= 15 is 0 Å². The van der Waals surface area contributed by atoms with Gasteiger partial charge in [-0.2, -0.15) is 0 Å². The second-order valence-electron chi connectivity index (χ2n) is 6.70. The summed E-state index contributed by atoms with van der Waals surface area (Å²) < 4.78 is 5.20. The summed E-state index contributed by atoms with van der Waals surface area (Å²) in [6.07, 6.45) is 2.12. The minimum Gasteiger partial charge on any atom is -0.451 e. The molecular formula is C19H25ClN2O4. The van der Waals surface area contributed by atoms with Crippen LogP contribution in [0.3, 0.4) is 0 Å². The molecule has 26 heavy (non-hydrogen) atoms. The molecule has 6 nitrogen and oxygen atoms in total. The average molecular weight is 381 g/mol. The van der Waals surface area contributed by atoms with Gasteiger partial charge in [-0.15, -0.1) is 0 Å². The Hall–Kier alpha value is -2.08. The van der Waals surface area contributed by atoms with Gasteiger partial charge >= 0.3 is 5.97 Å². The number of benzene rings is 1. The number of hydrogen-bond donors (Lipinski definition) is 1. The number of hydrogen-bond acceptors (Lipinski definition) is 4. The summed E-state index contributed by atoms with van der Waals surface area (Å²) >= 11 is 5.77. The molecular weight excluding hydrogens is 356 g/mol. The second-order valence-corrected chi connectivity index (χ2v) is 7.13. The maximum Gasteiger partial charge on any atom is 0.326 e. The first-order chi connectivity index (χ1) is 12.3. The number of esters is 1. The Morgan fingerprint density at radius 3 is 2.35 bits per heavy atom. The zero-order valence-electron chi connectivity index (χ0n) is 15.3. The number of piperidine rings is 1. The van der Waals surface area contributed by atoms with Gasteiger partial charge in [0.25, 0.3) is 11.8 Å². The van der Waals surface area contributed by atoms with E-state index in [0.717, 1.165) is 19.3 Å². The van der Waals surface area contributed by atoms with Crippen molar-refractivity contribution in [3.8, 4) is 0 Å². The van der Waals surface area contributed by atoms with Gasteiger partial charge in [0.2, 0.25) is 0 Å². The summed E-state index contributed by atoms with van der Waals surface area (Å²) in [4.78, 5) is 38.3. The number of rotatable bonds is 5. The number of halogens is 1. The number of ether oxygens (including phenoxy) is 1. The van der Waals surface area contributed by atoms with Crippen molar-refractivity contribution in [1.82, 2.24) is 10.2 Å². The van der Waals surface area contributed by atoms with Crippen LogP contribution in [0.25, 0.3) is 0 Å². The fraction of sp³-hybridized carbons (Fsp3) is 0.526. The van der Waals surface area contributed by atoms with Crippen molar-refractivity contribution < 1.29 is 19.1 Å². The number of carbonyl (C=O) groups is 3. The van der Waals surface area contributed by atoms with E-state index in [4.69, 9.17) is 16.3 Å². The third-order valence-corrected chi connectivity index (χ3v) is 4.86. The Morgan fingerprint density at radius 2 is 1.77 bits per heavy atom. The van der Waals surface area contributed by atoms with E-state index in [1.807, 2.05) is 13.8 Å². The van der Waals surface area contributed by atoms with Crippen LogP contribution in [0.15, 0.2) is 24.3 Å². The molecule has 0 saturated carbocycles. The van der Waals surface area contributed by atoms with Crippen molar-refractivity contribution in [2.24, 2.45) is 0 Å². The Labute approximate surface area is 158 Å². The lowest BCUT2D eigenvalue weighted by molar-refractivity contribution is -0.161. The monoisotopic (exact) mass is 380 g/mol. The molecule has 0 radical (unpaired) electrons. The summed E-state index contributed by atoms with van der Waals surface area (Å²) in [6.45, 7) is 5.28. The number of carbonyl (C=O) groups excluding carboxylic acids is 3. The molecule has 1 heterocycles. The predicted octanol–water partition coefficient (Wildman–Crippen LogP) is 2.79. The largest absolute Gasteiger partial charge is 0.451 e. The molecule has 2 rings (SSSR count). The highest BCUT2D eigenvalue weighted by Gasteiger charge is 2.33. The van der Waals surface area contributed by atoms with Crippen molar-refractivity contribution in [3.63, 3.8) is 0 Å². The first-order valence-corrected chi connectivity index (χ1v) is 9.22. The zero-order valence-corrected chi connectivity index (χ0v) is 16.1. The number of likely N-dealkylation sites (tertiary alicyclic amines) is 1. The Bertz CT molecular complexity index is 652. The average Bonchev–Trinajstić information content (AvgIpc) is 2.60. The highest BCUT2D eigenvalue weighted by atomic mass is 35.5. The van der Waals surface area contributed by atoms with E-state index in [1.54, 1.807) is 36.1 Å². The Morgan fingerprint density at radius 1 is 1.19 bits per heavy atom. The van der Waals surface area contributed by atoms with Crippen LogP contribution < -0.4 is 5.32 Å². The van der Waals surface area contributed by atoms with Gasteiger partial charge in [0.1, 0.15) is 6.54 Å². The molecule has 0 bridgehead atoms. The Kier molecular flexibility index (Phi) is 7.03. The van der Waals surface area contributed by atoms with Gasteiger partial charge in [-0.05, 0) is 64.3 Å². The molecule has 1 aliphatic rings. The molecule has 3 atom stereocenters. The molecule has 1 saturated heterocycles. The summed E-state index contributed by atoms with van der Waals surface area (Å²) in [6, 6.07) is 6.59. The molecule has 1 fully saturated rings. The van der Waals surface area contributed by atoms with Crippen molar-refractivity contribution in [1.29, 1.82) is 0 Å². The molecule has 1 aromatic rings. The molecule has 0 spiro atoms.